The molecule has 0 spiro atoms. The van der Waals surface area contributed by atoms with Crippen molar-refractivity contribution in [3.05, 3.63) is 17.0 Å². The molecule has 0 radical (unpaired) electrons. The summed E-state index contributed by atoms with van der Waals surface area (Å²) < 4.78 is 2.20. The Balaban J connectivity index is 2.61. The van der Waals surface area contributed by atoms with Gasteiger partial charge in [-0.15, -0.1) is 11.6 Å². The lowest BCUT2D eigenvalue weighted by atomic mass is 10.1. The summed E-state index contributed by atoms with van der Waals surface area (Å²) in [4.78, 5) is 0. The molecule has 2 nitrogen and oxygen atoms in total. The van der Waals surface area contributed by atoms with Crippen LogP contribution in [0.25, 0.3) is 0 Å². The largest absolute Gasteiger partial charge is 0.269 e. The van der Waals surface area contributed by atoms with E-state index in [1.807, 2.05) is 0 Å². The van der Waals surface area contributed by atoms with E-state index in [9.17, 15) is 0 Å². The first kappa shape index (κ1) is 15.6. The highest BCUT2D eigenvalue weighted by Gasteiger charge is 2.13. The molecule has 0 bridgehead atoms. The van der Waals surface area contributed by atoms with Gasteiger partial charge in [0.2, 0.25) is 0 Å². The number of nitrogens with zero attached hydrogens (tertiary/aromatic N) is 2. The van der Waals surface area contributed by atoms with Crippen molar-refractivity contribution >= 4 is 11.6 Å². The molecule has 0 fully saturated rings. The first-order valence-corrected chi connectivity index (χ1v) is 7.95. The molecule has 3 heteroatoms. The Labute approximate surface area is 117 Å². The summed E-state index contributed by atoms with van der Waals surface area (Å²) in [6.45, 7) is 7.66. The summed E-state index contributed by atoms with van der Waals surface area (Å²) in [6, 6.07) is 0. The monoisotopic (exact) mass is 270 g/mol. The number of halogens is 1. The molecular weight excluding hydrogens is 244 g/mol. The number of hydrogen-bond donors (Lipinski definition) is 0. The summed E-state index contributed by atoms with van der Waals surface area (Å²) in [7, 11) is 0. The third-order valence-corrected chi connectivity index (χ3v) is 3.79. The van der Waals surface area contributed by atoms with Gasteiger partial charge in [0.05, 0.1) is 11.6 Å². The van der Waals surface area contributed by atoms with Crippen molar-refractivity contribution in [1.82, 2.24) is 9.78 Å². The van der Waals surface area contributed by atoms with Gasteiger partial charge in [-0.2, -0.15) is 5.10 Å². The van der Waals surface area contributed by atoms with Gasteiger partial charge in [0, 0.05) is 17.8 Å². The fourth-order valence-electron chi connectivity index (χ4n) is 2.47. The molecule has 0 aliphatic rings. The van der Waals surface area contributed by atoms with Crippen molar-refractivity contribution in [1.29, 1.82) is 0 Å². The molecule has 104 valence electrons. The first-order chi connectivity index (χ1) is 8.78. The van der Waals surface area contributed by atoms with Gasteiger partial charge in [0.15, 0.2) is 0 Å². The van der Waals surface area contributed by atoms with E-state index in [0.717, 1.165) is 19.4 Å². The van der Waals surface area contributed by atoms with E-state index in [-0.39, 0.29) is 0 Å². The SMILES string of the molecule is CCCCCCCn1nc(CC)c(CCl)c1CC. The summed E-state index contributed by atoms with van der Waals surface area (Å²) >= 11 is 6.06. The Kier molecular flexibility index (Phi) is 7.41. The number of aromatic nitrogens is 2. The third kappa shape index (κ3) is 4.01. The smallest absolute Gasteiger partial charge is 0.0668 e. The van der Waals surface area contributed by atoms with Crippen LogP contribution >= 0.6 is 11.6 Å². The third-order valence-electron chi connectivity index (χ3n) is 3.53. The highest BCUT2D eigenvalue weighted by atomic mass is 35.5. The zero-order chi connectivity index (χ0) is 13.4. The topological polar surface area (TPSA) is 17.8 Å². The fraction of sp³-hybridized carbons (Fsp3) is 0.800. The average molecular weight is 271 g/mol. The van der Waals surface area contributed by atoms with Crippen molar-refractivity contribution in [2.24, 2.45) is 0 Å². The van der Waals surface area contributed by atoms with Crippen molar-refractivity contribution in [3.63, 3.8) is 0 Å². The van der Waals surface area contributed by atoms with Crippen LogP contribution in [0, 0.1) is 0 Å². The van der Waals surface area contributed by atoms with Gasteiger partial charge in [0.1, 0.15) is 0 Å². The second kappa shape index (κ2) is 8.58. The van der Waals surface area contributed by atoms with Crippen molar-refractivity contribution in [2.75, 3.05) is 0 Å². The minimum absolute atomic E-state index is 0.599. The van der Waals surface area contributed by atoms with Crippen LogP contribution in [0.15, 0.2) is 0 Å². The van der Waals surface area contributed by atoms with Crippen molar-refractivity contribution < 1.29 is 0 Å². The molecule has 0 atom stereocenters. The van der Waals surface area contributed by atoms with E-state index in [0.29, 0.717) is 5.88 Å². The molecule has 0 amide bonds. The molecule has 0 saturated heterocycles. The minimum atomic E-state index is 0.599. The molecule has 0 aromatic carbocycles. The van der Waals surface area contributed by atoms with E-state index in [1.54, 1.807) is 0 Å². The first-order valence-electron chi connectivity index (χ1n) is 7.41. The van der Waals surface area contributed by atoms with Gasteiger partial charge in [-0.05, 0) is 19.3 Å². The molecule has 1 heterocycles. The maximum absolute atomic E-state index is 6.06. The van der Waals surface area contributed by atoms with Gasteiger partial charge in [0.25, 0.3) is 0 Å². The number of aryl methyl sites for hydroxylation is 2. The van der Waals surface area contributed by atoms with E-state index in [4.69, 9.17) is 16.7 Å². The lowest BCUT2D eigenvalue weighted by molar-refractivity contribution is 0.516. The molecule has 1 aromatic heterocycles. The molecule has 0 N–H and O–H groups in total. The second-order valence-electron chi connectivity index (χ2n) is 4.85. The number of hydrogen-bond acceptors (Lipinski definition) is 1. The average Bonchev–Trinajstić information content (AvgIpc) is 2.75. The predicted molar refractivity (Wildman–Crippen MR) is 79.3 cm³/mol. The Hall–Kier alpha value is -0.500. The van der Waals surface area contributed by atoms with Crippen LogP contribution in [0.4, 0.5) is 0 Å². The fourth-order valence-corrected chi connectivity index (χ4v) is 2.78. The predicted octanol–water partition coefficient (Wildman–Crippen LogP) is 4.72. The summed E-state index contributed by atoms with van der Waals surface area (Å²) in [5.74, 6) is 0.599. The van der Waals surface area contributed by atoms with Gasteiger partial charge in [-0.1, -0.05) is 46.5 Å². The van der Waals surface area contributed by atoms with E-state index in [2.05, 4.69) is 25.5 Å². The molecular formula is C15H27ClN2. The highest BCUT2D eigenvalue weighted by molar-refractivity contribution is 6.17. The lowest BCUT2D eigenvalue weighted by Crippen LogP contribution is -2.05. The quantitative estimate of drug-likeness (QED) is 0.469. The van der Waals surface area contributed by atoms with E-state index >= 15 is 0 Å². The summed E-state index contributed by atoms with van der Waals surface area (Å²) in [6.07, 6.45) is 8.57. The maximum atomic E-state index is 6.06. The Morgan fingerprint density at radius 2 is 1.72 bits per heavy atom. The van der Waals surface area contributed by atoms with E-state index < -0.39 is 0 Å². The molecule has 0 saturated carbocycles. The normalized spacial score (nSPS) is 11.1. The lowest BCUT2D eigenvalue weighted by Gasteiger charge is -2.06. The van der Waals surface area contributed by atoms with Crippen LogP contribution in [-0.2, 0) is 25.3 Å². The van der Waals surface area contributed by atoms with Crippen LogP contribution in [-0.4, -0.2) is 9.78 Å². The number of unbranched alkanes of at least 4 members (excludes halogenated alkanes) is 4. The Morgan fingerprint density at radius 3 is 2.28 bits per heavy atom. The maximum Gasteiger partial charge on any atom is 0.0668 e. The molecule has 18 heavy (non-hydrogen) atoms. The molecule has 0 unspecified atom stereocenters. The van der Waals surface area contributed by atoms with E-state index in [1.165, 1.54) is 49.1 Å². The van der Waals surface area contributed by atoms with Crippen LogP contribution in [0.2, 0.25) is 0 Å². The molecule has 0 aliphatic carbocycles. The molecule has 1 rings (SSSR count). The summed E-state index contributed by atoms with van der Waals surface area (Å²) in [5.41, 5.74) is 3.81. The van der Waals surface area contributed by atoms with Crippen LogP contribution < -0.4 is 0 Å². The second-order valence-corrected chi connectivity index (χ2v) is 5.12. The van der Waals surface area contributed by atoms with Gasteiger partial charge in [-0.25, -0.2) is 0 Å². The standard InChI is InChI=1S/C15H27ClN2/c1-4-7-8-9-10-11-18-15(6-3)13(12-16)14(5-2)17-18/h4-12H2,1-3H3. The van der Waals surface area contributed by atoms with Crippen molar-refractivity contribution in [3.8, 4) is 0 Å². The molecule has 1 aromatic rings. The van der Waals surface area contributed by atoms with Gasteiger partial charge in [-0.3, -0.25) is 4.68 Å². The van der Waals surface area contributed by atoms with Crippen LogP contribution in [0.5, 0.6) is 0 Å². The summed E-state index contributed by atoms with van der Waals surface area (Å²) in [5, 5.41) is 4.72. The van der Waals surface area contributed by atoms with Crippen LogP contribution in [0.1, 0.15) is 69.8 Å². The highest BCUT2D eigenvalue weighted by Crippen LogP contribution is 2.19. The number of rotatable bonds is 9. The zero-order valence-electron chi connectivity index (χ0n) is 12.1. The Bertz CT molecular complexity index is 345. The van der Waals surface area contributed by atoms with Gasteiger partial charge >= 0.3 is 0 Å². The van der Waals surface area contributed by atoms with Crippen molar-refractivity contribution in [2.45, 2.75) is 78.1 Å². The minimum Gasteiger partial charge on any atom is -0.269 e. The Morgan fingerprint density at radius 1 is 1.00 bits per heavy atom. The zero-order valence-corrected chi connectivity index (χ0v) is 12.9. The molecule has 0 aliphatic heterocycles. The van der Waals surface area contributed by atoms with Gasteiger partial charge < -0.3 is 0 Å². The van der Waals surface area contributed by atoms with Crippen LogP contribution in [0.3, 0.4) is 0 Å². The number of alkyl halides is 1.